The topological polar surface area (TPSA) is 102 Å². The Morgan fingerprint density at radius 3 is 2.00 bits per heavy atom. The van der Waals surface area contributed by atoms with Gasteiger partial charge < -0.3 is 14.6 Å². The van der Waals surface area contributed by atoms with Gasteiger partial charge in [0.25, 0.3) is 0 Å². The molecule has 7 nitrogen and oxygen atoms in total. The number of sulfonamides is 1. The number of aliphatic hydroxyl groups excluding tert-OH is 1. The molecule has 0 fully saturated rings. The van der Waals surface area contributed by atoms with Gasteiger partial charge >= 0.3 is 5.97 Å². The van der Waals surface area contributed by atoms with Crippen molar-refractivity contribution in [3.8, 4) is 5.75 Å². The summed E-state index contributed by atoms with van der Waals surface area (Å²) >= 11 is 0. The lowest BCUT2D eigenvalue weighted by atomic mass is 9.87. The Kier molecular flexibility index (Phi) is 7.05. The van der Waals surface area contributed by atoms with Crippen molar-refractivity contribution in [2.45, 2.75) is 43.2 Å². The lowest BCUT2D eigenvalue weighted by molar-refractivity contribution is -0.145. The van der Waals surface area contributed by atoms with Crippen LogP contribution in [0.15, 0.2) is 53.4 Å². The average molecular weight is 422 g/mol. The van der Waals surface area contributed by atoms with Crippen LogP contribution in [0.2, 0.25) is 0 Å². The Morgan fingerprint density at radius 2 is 1.55 bits per heavy atom. The lowest BCUT2D eigenvalue weighted by Crippen LogP contribution is -2.45. The molecule has 0 aliphatic heterocycles. The summed E-state index contributed by atoms with van der Waals surface area (Å²) in [6.07, 6.45) is -1.45. The molecule has 0 radical (unpaired) electrons. The zero-order valence-electron chi connectivity index (χ0n) is 17.2. The van der Waals surface area contributed by atoms with Crippen LogP contribution in [0.1, 0.15) is 38.0 Å². The van der Waals surface area contributed by atoms with Crippen molar-refractivity contribution in [1.82, 2.24) is 4.72 Å². The predicted molar refractivity (Wildman–Crippen MR) is 109 cm³/mol. The van der Waals surface area contributed by atoms with E-state index in [2.05, 4.69) is 4.72 Å². The van der Waals surface area contributed by atoms with Crippen molar-refractivity contribution in [2.75, 3.05) is 14.2 Å². The van der Waals surface area contributed by atoms with Crippen LogP contribution in [-0.4, -0.2) is 39.8 Å². The first-order valence-corrected chi connectivity index (χ1v) is 10.5. The fourth-order valence-electron chi connectivity index (χ4n) is 2.73. The molecule has 0 aromatic heterocycles. The zero-order chi connectivity index (χ0) is 21.8. The molecule has 0 amide bonds. The number of rotatable bonds is 7. The molecule has 2 aromatic rings. The summed E-state index contributed by atoms with van der Waals surface area (Å²) in [6.45, 7) is 6.06. The molecule has 0 saturated carbocycles. The minimum Gasteiger partial charge on any atom is -0.497 e. The third kappa shape index (κ3) is 5.56. The number of esters is 1. The van der Waals surface area contributed by atoms with E-state index in [0.29, 0.717) is 11.3 Å². The number of carbonyl (C=O) groups is 1. The van der Waals surface area contributed by atoms with Crippen LogP contribution < -0.4 is 9.46 Å². The molecule has 0 bridgehead atoms. The monoisotopic (exact) mass is 421 g/mol. The number of carbonyl (C=O) groups excluding carboxylic acids is 1. The molecule has 0 aliphatic carbocycles. The van der Waals surface area contributed by atoms with Crippen LogP contribution in [0.5, 0.6) is 5.75 Å². The predicted octanol–water partition coefficient (Wildman–Crippen LogP) is 2.55. The van der Waals surface area contributed by atoms with E-state index in [-0.39, 0.29) is 10.3 Å². The maximum atomic E-state index is 12.8. The van der Waals surface area contributed by atoms with E-state index in [9.17, 15) is 18.3 Å². The maximum absolute atomic E-state index is 12.8. The highest BCUT2D eigenvalue weighted by Crippen LogP contribution is 2.25. The van der Waals surface area contributed by atoms with Crippen LogP contribution in [0.4, 0.5) is 0 Å². The van der Waals surface area contributed by atoms with Gasteiger partial charge in [-0.25, -0.2) is 8.42 Å². The van der Waals surface area contributed by atoms with Gasteiger partial charge in [-0.05, 0) is 40.8 Å². The van der Waals surface area contributed by atoms with Gasteiger partial charge in [-0.3, -0.25) is 4.79 Å². The number of nitrogens with one attached hydrogen (secondary N) is 1. The number of hydrogen-bond acceptors (Lipinski definition) is 6. The number of benzene rings is 2. The van der Waals surface area contributed by atoms with Crippen LogP contribution in [0, 0.1) is 0 Å². The van der Waals surface area contributed by atoms with Gasteiger partial charge in [-0.15, -0.1) is 0 Å². The normalized spacial score (nSPS) is 14.1. The van der Waals surface area contributed by atoms with Gasteiger partial charge in [-0.1, -0.05) is 45.0 Å². The Labute approximate surface area is 171 Å². The van der Waals surface area contributed by atoms with Crippen molar-refractivity contribution in [1.29, 1.82) is 0 Å². The molecule has 29 heavy (non-hydrogen) atoms. The molecule has 2 rings (SSSR count). The van der Waals surface area contributed by atoms with Gasteiger partial charge in [0, 0.05) is 0 Å². The summed E-state index contributed by atoms with van der Waals surface area (Å²) in [5, 5.41) is 10.6. The second-order valence-corrected chi connectivity index (χ2v) is 9.33. The summed E-state index contributed by atoms with van der Waals surface area (Å²) in [6, 6.07) is 11.2. The number of hydrogen-bond donors (Lipinski definition) is 2. The molecule has 2 aromatic carbocycles. The molecule has 0 aliphatic rings. The third-order valence-corrected chi connectivity index (χ3v) is 6.00. The zero-order valence-corrected chi connectivity index (χ0v) is 18.0. The van der Waals surface area contributed by atoms with E-state index in [4.69, 9.17) is 9.47 Å². The maximum Gasteiger partial charge on any atom is 0.326 e. The molecular formula is C21H27NO6S. The van der Waals surface area contributed by atoms with Crippen molar-refractivity contribution in [3.63, 3.8) is 0 Å². The Morgan fingerprint density at radius 1 is 1.00 bits per heavy atom. The third-order valence-electron chi connectivity index (χ3n) is 4.54. The lowest BCUT2D eigenvalue weighted by Gasteiger charge is -2.23. The first kappa shape index (κ1) is 22.9. The summed E-state index contributed by atoms with van der Waals surface area (Å²) in [5.74, 6) is -0.335. The molecule has 2 unspecified atom stereocenters. The van der Waals surface area contributed by atoms with Gasteiger partial charge in [-0.2, -0.15) is 4.72 Å². The summed E-state index contributed by atoms with van der Waals surface area (Å²) in [4.78, 5) is 12.2. The van der Waals surface area contributed by atoms with Crippen LogP contribution >= 0.6 is 0 Å². The van der Waals surface area contributed by atoms with E-state index in [0.717, 1.165) is 12.7 Å². The fraction of sp³-hybridized carbons (Fsp3) is 0.381. The first-order chi connectivity index (χ1) is 13.5. The van der Waals surface area contributed by atoms with Gasteiger partial charge in [0.15, 0.2) is 0 Å². The summed E-state index contributed by atoms with van der Waals surface area (Å²) < 4.78 is 37.6. The van der Waals surface area contributed by atoms with Crippen LogP contribution in [0.25, 0.3) is 0 Å². The van der Waals surface area contributed by atoms with E-state index in [1.165, 1.54) is 19.2 Å². The first-order valence-electron chi connectivity index (χ1n) is 9.02. The molecule has 0 saturated heterocycles. The van der Waals surface area contributed by atoms with Crippen LogP contribution in [0.3, 0.4) is 0 Å². The molecule has 0 spiro atoms. The average Bonchev–Trinajstić information content (AvgIpc) is 2.70. The minimum atomic E-state index is -4.08. The summed E-state index contributed by atoms with van der Waals surface area (Å²) in [7, 11) is -1.45. The number of aliphatic hydroxyl groups is 1. The van der Waals surface area contributed by atoms with E-state index < -0.39 is 28.1 Å². The highest BCUT2D eigenvalue weighted by atomic mass is 32.2. The van der Waals surface area contributed by atoms with Crippen LogP contribution in [-0.2, 0) is 25.0 Å². The van der Waals surface area contributed by atoms with Crippen molar-refractivity contribution in [3.05, 3.63) is 59.7 Å². The Hall–Kier alpha value is -2.42. The standard InChI is InChI=1S/C21H27NO6S/c1-21(2,3)15-8-12-17(13-9-15)29(25,26)22-18(20(24)28-5)19(23)14-6-10-16(27-4)11-7-14/h6-13,18-19,22-23H,1-5H3. The molecule has 2 atom stereocenters. The molecule has 8 heteroatoms. The second kappa shape index (κ2) is 8.94. The SMILES string of the molecule is COC(=O)C(NS(=O)(=O)c1ccc(C(C)(C)C)cc1)C(O)c1ccc(OC)cc1. The van der Waals surface area contributed by atoms with E-state index >= 15 is 0 Å². The highest BCUT2D eigenvalue weighted by Gasteiger charge is 2.34. The number of methoxy groups -OCH3 is 2. The van der Waals surface area contributed by atoms with Gasteiger partial charge in [0.05, 0.1) is 19.1 Å². The highest BCUT2D eigenvalue weighted by molar-refractivity contribution is 7.89. The molecular weight excluding hydrogens is 394 g/mol. The van der Waals surface area contributed by atoms with Gasteiger partial charge in [0.2, 0.25) is 10.0 Å². The Bertz CT molecular complexity index is 931. The largest absolute Gasteiger partial charge is 0.497 e. The number of ether oxygens (including phenoxy) is 2. The van der Waals surface area contributed by atoms with Crippen molar-refractivity contribution >= 4 is 16.0 Å². The minimum absolute atomic E-state index is 0.0127. The fourth-order valence-corrected chi connectivity index (χ4v) is 3.92. The molecule has 0 heterocycles. The Balaban J connectivity index is 2.31. The van der Waals surface area contributed by atoms with Gasteiger partial charge in [0.1, 0.15) is 17.9 Å². The molecule has 2 N–H and O–H groups in total. The molecule has 158 valence electrons. The van der Waals surface area contributed by atoms with E-state index in [1.807, 2.05) is 20.8 Å². The summed E-state index contributed by atoms with van der Waals surface area (Å²) in [5.41, 5.74) is 1.18. The second-order valence-electron chi connectivity index (χ2n) is 7.61. The smallest absolute Gasteiger partial charge is 0.326 e. The van der Waals surface area contributed by atoms with E-state index in [1.54, 1.807) is 36.4 Å². The van der Waals surface area contributed by atoms with Crippen molar-refractivity contribution < 1.29 is 27.8 Å². The quantitative estimate of drug-likeness (QED) is 0.666. The van der Waals surface area contributed by atoms with Crippen molar-refractivity contribution in [2.24, 2.45) is 0 Å².